The quantitative estimate of drug-likeness (QED) is 0.209. The molecule has 0 saturated carbocycles. The Morgan fingerprint density at radius 1 is 1.08 bits per heavy atom. The van der Waals surface area contributed by atoms with Gasteiger partial charge in [-0.3, -0.25) is 19.7 Å². The number of hydrogen-bond donors (Lipinski definition) is 2. The number of benzene rings is 2. The number of ketones is 1. The zero-order valence-electron chi connectivity index (χ0n) is 20.2. The number of nitrogens with one attached hydrogen (secondary N) is 2. The molecule has 0 radical (unpaired) electrons. The molecule has 0 fully saturated rings. The molecule has 1 aliphatic heterocycles. The number of aryl methyl sites for hydroxylation is 1. The first-order chi connectivity index (χ1) is 17.1. The molecule has 184 valence electrons. The van der Waals surface area contributed by atoms with Crippen LogP contribution in [0, 0.1) is 28.4 Å². The number of aromatic nitrogens is 2. The second-order valence-electron chi connectivity index (χ2n) is 10.1. The first-order valence-electron chi connectivity index (χ1n) is 11.7. The molecule has 0 bridgehead atoms. The van der Waals surface area contributed by atoms with Crippen molar-refractivity contribution < 1.29 is 9.72 Å². The first-order valence-corrected chi connectivity index (χ1v) is 12.7. The molecule has 0 amide bonds. The lowest BCUT2D eigenvalue weighted by molar-refractivity contribution is -0.384. The molecule has 2 N–H and O–H groups in total. The minimum atomic E-state index is -0.463. The number of fused-ring (bicyclic) bond motifs is 2. The number of allylic oxidation sites excluding steroid dienone is 2. The van der Waals surface area contributed by atoms with Gasteiger partial charge < -0.3 is 10.3 Å². The highest BCUT2D eigenvalue weighted by Gasteiger charge is 2.45. The number of nitro benzene ring substituents is 1. The monoisotopic (exact) mass is 502 g/mol. The lowest BCUT2D eigenvalue weighted by Gasteiger charge is -2.40. The van der Waals surface area contributed by atoms with Gasteiger partial charge in [0.05, 0.1) is 16.4 Å². The average molecular weight is 503 g/mol. The van der Waals surface area contributed by atoms with E-state index < -0.39 is 16.8 Å². The third-order valence-corrected chi connectivity index (χ3v) is 7.60. The summed E-state index contributed by atoms with van der Waals surface area (Å²) in [6, 6.07) is 14.3. The van der Waals surface area contributed by atoms with Gasteiger partial charge in [0.1, 0.15) is 11.6 Å². The molecule has 9 heteroatoms. The van der Waals surface area contributed by atoms with Gasteiger partial charge in [-0.1, -0.05) is 73.6 Å². The molecule has 8 nitrogen and oxygen atoms in total. The minimum absolute atomic E-state index is 0.0307. The van der Waals surface area contributed by atoms with Gasteiger partial charge in [0.2, 0.25) is 0 Å². The molecule has 1 aromatic heterocycles. The van der Waals surface area contributed by atoms with Crippen molar-refractivity contribution in [1.82, 2.24) is 9.97 Å². The van der Waals surface area contributed by atoms with E-state index in [9.17, 15) is 19.7 Å². The second kappa shape index (κ2) is 9.05. The maximum Gasteiger partial charge on any atom is 0.269 e. The fourth-order valence-electron chi connectivity index (χ4n) is 4.99. The Bertz CT molecular complexity index is 1440. The number of H-pyrrole nitrogens is 1. The highest BCUT2D eigenvalue weighted by molar-refractivity contribution is 7.98. The number of Topliss-reactive ketones (excluding diaryl/α,β-unsaturated/α-hetero) is 1. The highest BCUT2D eigenvalue weighted by atomic mass is 32.2. The van der Waals surface area contributed by atoms with Crippen molar-refractivity contribution in [2.75, 3.05) is 5.32 Å². The summed E-state index contributed by atoms with van der Waals surface area (Å²) < 4.78 is 0. The predicted molar refractivity (Wildman–Crippen MR) is 139 cm³/mol. The van der Waals surface area contributed by atoms with Crippen LogP contribution in [0.3, 0.4) is 0 Å². The fourth-order valence-corrected chi connectivity index (χ4v) is 5.81. The van der Waals surface area contributed by atoms with Crippen molar-refractivity contribution in [3.63, 3.8) is 0 Å². The molecule has 5 rings (SSSR count). The molecule has 2 unspecified atom stereocenters. The van der Waals surface area contributed by atoms with Crippen LogP contribution in [-0.2, 0) is 10.5 Å². The van der Waals surface area contributed by atoms with Gasteiger partial charge in [-0.15, -0.1) is 0 Å². The van der Waals surface area contributed by atoms with Crippen LogP contribution >= 0.6 is 11.8 Å². The van der Waals surface area contributed by atoms with Crippen molar-refractivity contribution in [3.8, 4) is 0 Å². The summed E-state index contributed by atoms with van der Waals surface area (Å²) in [6.45, 7) is 6.06. The third-order valence-electron chi connectivity index (χ3n) is 6.66. The lowest BCUT2D eigenvalue weighted by atomic mass is 9.67. The molecule has 2 aromatic carbocycles. The molecule has 0 saturated heterocycles. The van der Waals surface area contributed by atoms with E-state index in [0.717, 1.165) is 22.4 Å². The minimum Gasteiger partial charge on any atom is -0.343 e. The topological polar surface area (TPSA) is 118 Å². The first kappa shape index (κ1) is 24.0. The number of nitrogens with zero attached hydrogens (tertiary/aromatic N) is 2. The van der Waals surface area contributed by atoms with Crippen LogP contribution in [0.15, 0.2) is 70.3 Å². The van der Waals surface area contributed by atoms with Crippen LogP contribution in [-0.4, -0.2) is 20.7 Å². The van der Waals surface area contributed by atoms with Gasteiger partial charge in [-0.2, -0.15) is 0 Å². The average Bonchev–Trinajstić information content (AvgIpc) is 2.81. The van der Waals surface area contributed by atoms with E-state index >= 15 is 0 Å². The van der Waals surface area contributed by atoms with E-state index in [-0.39, 0.29) is 22.4 Å². The number of carbonyl (C=O) groups excluding carboxylic acids is 1. The van der Waals surface area contributed by atoms with E-state index in [4.69, 9.17) is 4.98 Å². The highest BCUT2D eigenvalue weighted by Crippen LogP contribution is 2.48. The summed E-state index contributed by atoms with van der Waals surface area (Å²) >= 11 is 1.34. The molecule has 3 aromatic rings. The number of rotatable bonds is 5. The van der Waals surface area contributed by atoms with E-state index in [2.05, 4.69) is 16.4 Å². The normalized spacial score (nSPS) is 20.1. The smallest absolute Gasteiger partial charge is 0.269 e. The van der Waals surface area contributed by atoms with Crippen LogP contribution in [0.1, 0.15) is 48.4 Å². The molecule has 1 aliphatic carbocycles. The summed E-state index contributed by atoms with van der Waals surface area (Å²) in [5.41, 5.74) is 3.60. The predicted octanol–water partition coefficient (Wildman–Crippen LogP) is 5.34. The Morgan fingerprint density at radius 2 is 1.78 bits per heavy atom. The summed E-state index contributed by atoms with van der Waals surface area (Å²) in [7, 11) is 0. The van der Waals surface area contributed by atoms with Gasteiger partial charge >= 0.3 is 0 Å². The summed E-state index contributed by atoms with van der Waals surface area (Å²) in [4.78, 5) is 44.8. The van der Waals surface area contributed by atoms with Gasteiger partial charge in [0.15, 0.2) is 5.16 Å². The SMILES string of the molecule is Cc1ccc(C2c3c(nc(SCc4ccc([N+](=O)[O-])cc4)[nH]c3=O)NC3=CC(C)(C)CC(=O)C32)cc1. The molecular weight excluding hydrogens is 476 g/mol. The summed E-state index contributed by atoms with van der Waals surface area (Å²) in [5.74, 6) is 0.162. The van der Waals surface area contributed by atoms with Crippen molar-refractivity contribution in [2.45, 2.75) is 44.0 Å². The number of nitro groups is 1. The maximum atomic E-state index is 13.4. The zero-order valence-corrected chi connectivity index (χ0v) is 21.0. The Morgan fingerprint density at radius 3 is 2.44 bits per heavy atom. The Balaban J connectivity index is 1.53. The second-order valence-corrected chi connectivity index (χ2v) is 11.0. The lowest BCUT2D eigenvalue weighted by Crippen LogP contribution is -2.41. The Hall–Kier alpha value is -3.72. The summed E-state index contributed by atoms with van der Waals surface area (Å²) in [5, 5.41) is 14.6. The largest absolute Gasteiger partial charge is 0.343 e. The Labute approximate surface area is 212 Å². The van der Waals surface area contributed by atoms with Gasteiger partial charge in [0.25, 0.3) is 11.2 Å². The molecular formula is C27H26N4O4S. The van der Waals surface area contributed by atoms with Crippen LogP contribution in [0.4, 0.5) is 11.5 Å². The molecule has 36 heavy (non-hydrogen) atoms. The fraction of sp³-hybridized carbons (Fsp3) is 0.296. The number of anilines is 1. The van der Waals surface area contributed by atoms with Gasteiger partial charge in [-0.25, -0.2) is 4.98 Å². The van der Waals surface area contributed by atoms with Gasteiger partial charge in [0, 0.05) is 35.9 Å². The van der Waals surface area contributed by atoms with E-state index in [1.165, 1.54) is 23.9 Å². The zero-order chi connectivity index (χ0) is 25.6. The van der Waals surface area contributed by atoms with Crippen LogP contribution in [0.2, 0.25) is 0 Å². The molecule has 2 atom stereocenters. The number of carbonyl (C=O) groups is 1. The van der Waals surface area contributed by atoms with Crippen molar-refractivity contribution in [1.29, 1.82) is 0 Å². The molecule has 0 spiro atoms. The summed E-state index contributed by atoms with van der Waals surface area (Å²) in [6.07, 6.45) is 2.50. The van der Waals surface area contributed by atoms with E-state index in [1.54, 1.807) is 12.1 Å². The Kier molecular flexibility index (Phi) is 6.04. The number of non-ortho nitro benzene ring substituents is 1. The molecule has 2 heterocycles. The number of thioether (sulfide) groups is 1. The number of hydrogen-bond acceptors (Lipinski definition) is 7. The number of aromatic amines is 1. The van der Waals surface area contributed by atoms with Crippen molar-refractivity contribution in [2.24, 2.45) is 11.3 Å². The van der Waals surface area contributed by atoms with Crippen LogP contribution < -0.4 is 10.9 Å². The van der Waals surface area contributed by atoms with Crippen molar-refractivity contribution in [3.05, 3.63) is 103 Å². The van der Waals surface area contributed by atoms with Crippen molar-refractivity contribution >= 4 is 29.1 Å². The molecule has 2 aliphatic rings. The van der Waals surface area contributed by atoms with E-state index in [1.807, 2.05) is 45.0 Å². The van der Waals surface area contributed by atoms with Crippen LogP contribution in [0.25, 0.3) is 0 Å². The van der Waals surface area contributed by atoms with E-state index in [0.29, 0.717) is 28.7 Å². The van der Waals surface area contributed by atoms with Crippen LogP contribution in [0.5, 0.6) is 0 Å². The van der Waals surface area contributed by atoms with Gasteiger partial charge in [-0.05, 0) is 23.5 Å². The maximum absolute atomic E-state index is 13.4. The standard InChI is InChI=1S/C27H26N4O4S/c1-15-4-8-17(9-5-15)21-22-19(12-27(2,3)13-20(22)32)28-24-23(21)25(33)30-26(29-24)36-14-16-6-10-18(11-7-16)31(34)35/h4-12,21-22H,13-14H2,1-3H3,(H2,28,29,30,33). The third kappa shape index (κ3) is 4.58.